The fraction of sp³-hybridized carbons (Fsp3) is 0.750. The van der Waals surface area contributed by atoms with Crippen LogP contribution in [0.3, 0.4) is 0 Å². The van der Waals surface area contributed by atoms with E-state index in [0.717, 1.165) is 6.54 Å². The van der Waals surface area contributed by atoms with Gasteiger partial charge in [0.15, 0.2) is 0 Å². The zero-order valence-electron chi connectivity index (χ0n) is 9.58. The maximum absolute atomic E-state index is 5.77. The largest absolute Gasteiger partial charge is 0.326 e. The van der Waals surface area contributed by atoms with Crippen molar-refractivity contribution in [3.63, 3.8) is 0 Å². The summed E-state index contributed by atoms with van der Waals surface area (Å²) in [5.74, 6) is 0.708. The first-order chi connectivity index (χ1) is 7.36. The summed E-state index contributed by atoms with van der Waals surface area (Å²) < 4.78 is 2.14. The highest BCUT2D eigenvalue weighted by Gasteiger charge is 2.21. The second-order valence-corrected chi connectivity index (χ2v) is 4.41. The molecular formula is C12H21N3. The molecule has 0 bridgehead atoms. The Morgan fingerprint density at radius 1 is 1.40 bits per heavy atom. The number of hydrogen-bond donors (Lipinski definition) is 1. The molecule has 0 atom stereocenters. The van der Waals surface area contributed by atoms with E-state index in [1.165, 1.54) is 43.4 Å². The molecule has 1 aromatic heterocycles. The summed E-state index contributed by atoms with van der Waals surface area (Å²) in [5, 5.41) is 4.42. The van der Waals surface area contributed by atoms with E-state index in [-0.39, 0.29) is 0 Å². The summed E-state index contributed by atoms with van der Waals surface area (Å²) in [4.78, 5) is 0. The average molecular weight is 207 g/mol. The molecular weight excluding hydrogens is 186 g/mol. The van der Waals surface area contributed by atoms with Crippen molar-refractivity contribution in [3.05, 3.63) is 17.5 Å². The molecule has 0 saturated heterocycles. The molecule has 1 aliphatic rings. The van der Waals surface area contributed by atoms with E-state index >= 15 is 0 Å². The van der Waals surface area contributed by atoms with Crippen LogP contribution in [0.4, 0.5) is 0 Å². The van der Waals surface area contributed by atoms with Gasteiger partial charge in [0.05, 0.1) is 6.20 Å². The Morgan fingerprint density at radius 3 is 2.73 bits per heavy atom. The Balaban J connectivity index is 2.26. The molecule has 1 fully saturated rings. The van der Waals surface area contributed by atoms with Gasteiger partial charge >= 0.3 is 0 Å². The highest BCUT2D eigenvalue weighted by molar-refractivity contribution is 5.22. The van der Waals surface area contributed by atoms with Crippen molar-refractivity contribution >= 4 is 0 Å². The summed E-state index contributed by atoms with van der Waals surface area (Å²) in [6.45, 7) is 3.75. The van der Waals surface area contributed by atoms with Crippen LogP contribution in [0, 0.1) is 0 Å². The zero-order chi connectivity index (χ0) is 10.7. The molecule has 1 aliphatic carbocycles. The smallest absolute Gasteiger partial charge is 0.0537 e. The van der Waals surface area contributed by atoms with Crippen LogP contribution in [0.1, 0.15) is 56.2 Å². The lowest BCUT2D eigenvalue weighted by Crippen LogP contribution is -2.14. The molecule has 0 unspecified atom stereocenters. The zero-order valence-corrected chi connectivity index (χ0v) is 9.58. The second kappa shape index (κ2) is 4.79. The minimum absolute atomic E-state index is 0.631. The van der Waals surface area contributed by atoms with E-state index in [2.05, 4.69) is 16.7 Å². The molecule has 1 aromatic rings. The third-order valence-corrected chi connectivity index (χ3v) is 3.47. The number of hydrogen-bond acceptors (Lipinski definition) is 2. The van der Waals surface area contributed by atoms with Crippen LogP contribution >= 0.6 is 0 Å². The van der Waals surface area contributed by atoms with E-state index in [1.54, 1.807) is 0 Å². The number of rotatable bonds is 3. The van der Waals surface area contributed by atoms with Crippen molar-refractivity contribution < 1.29 is 0 Å². The fourth-order valence-electron chi connectivity index (χ4n) is 2.69. The number of aromatic nitrogens is 2. The molecule has 0 spiro atoms. The summed E-state index contributed by atoms with van der Waals surface area (Å²) in [6, 6.07) is 0. The summed E-state index contributed by atoms with van der Waals surface area (Å²) >= 11 is 0. The van der Waals surface area contributed by atoms with Gasteiger partial charge in [0, 0.05) is 30.3 Å². The lowest BCUT2D eigenvalue weighted by Gasteiger charge is -2.23. The van der Waals surface area contributed by atoms with Crippen LogP contribution in [0.25, 0.3) is 0 Å². The number of aryl methyl sites for hydroxylation is 1. The molecule has 0 radical (unpaired) electrons. The SMILES string of the molecule is CCn1ncc(CN)c1C1CCCCC1. The van der Waals surface area contributed by atoms with Gasteiger partial charge in [-0.05, 0) is 19.8 Å². The molecule has 3 nitrogen and oxygen atoms in total. The standard InChI is InChI=1S/C12H21N3/c1-2-15-12(11(8-13)9-14-15)10-6-4-3-5-7-10/h9-10H,2-8,13H2,1H3. The normalized spacial score (nSPS) is 18.3. The molecule has 0 aliphatic heterocycles. The van der Waals surface area contributed by atoms with E-state index in [1.807, 2.05) is 6.20 Å². The Hall–Kier alpha value is -0.830. The lowest BCUT2D eigenvalue weighted by atomic mass is 9.85. The summed E-state index contributed by atoms with van der Waals surface area (Å²) in [5.41, 5.74) is 8.44. The predicted octanol–water partition coefficient (Wildman–Crippen LogP) is 2.41. The number of nitrogens with zero attached hydrogens (tertiary/aromatic N) is 2. The first kappa shape index (κ1) is 10.7. The first-order valence-corrected chi connectivity index (χ1v) is 6.11. The second-order valence-electron chi connectivity index (χ2n) is 4.41. The van der Waals surface area contributed by atoms with Gasteiger partial charge in [0.1, 0.15) is 0 Å². The molecule has 3 heteroatoms. The Kier molecular flexibility index (Phi) is 3.41. The fourth-order valence-corrected chi connectivity index (χ4v) is 2.69. The van der Waals surface area contributed by atoms with E-state index in [0.29, 0.717) is 12.5 Å². The monoisotopic (exact) mass is 207 g/mol. The van der Waals surface area contributed by atoms with E-state index in [4.69, 9.17) is 5.73 Å². The minimum atomic E-state index is 0.631. The Bertz CT molecular complexity index is 289. The summed E-state index contributed by atoms with van der Waals surface area (Å²) in [6.07, 6.45) is 8.71. The van der Waals surface area contributed by atoms with Crippen LogP contribution in [0.5, 0.6) is 0 Å². The Labute approximate surface area is 91.7 Å². The molecule has 84 valence electrons. The molecule has 2 rings (SSSR count). The minimum Gasteiger partial charge on any atom is -0.326 e. The van der Waals surface area contributed by atoms with Crippen molar-refractivity contribution in [1.82, 2.24) is 9.78 Å². The van der Waals surface area contributed by atoms with Gasteiger partial charge in [0.25, 0.3) is 0 Å². The highest BCUT2D eigenvalue weighted by Crippen LogP contribution is 2.34. The maximum Gasteiger partial charge on any atom is 0.0537 e. The molecule has 0 aromatic carbocycles. The topological polar surface area (TPSA) is 43.8 Å². The maximum atomic E-state index is 5.77. The third kappa shape index (κ3) is 2.07. The van der Waals surface area contributed by atoms with Crippen LogP contribution in [-0.2, 0) is 13.1 Å². The van der Waals surface area contributed by atoms with Crippen molar-refractivity contribution in [2.24, 2.45) is 5.73 Å². The van der Waals surface area contributed by atoms with Crippen molar-refractivity contribution in [3.8, 4) is 0 Å². The quantitative estimate of drug-likeness (QED) is 0.827. The molecule has 0 amide bonds. The molecule has 1 saturated carbocycles. The van der Waals surface area contributed by atoms with E-state index < -0.39 is 0 Å². The van der Waals surface area contributed by atoms with Gasteiger partial charge in [-0.1, -0.05) is 19.3 Å². The van der Waals surface area contributed by atoms with Crippen LogP contribution in [-0.4, -0.2) is 9.78 Å². The van der Waals surface area contributed by atoms with Gasteiger partial charge in [-0.15, -0.1) is 0 Å². The summed E-state index contributed by atoms with van der Waals surface area (Å²) in [7, 11) is 0. The van der Waals surface area contributed by atoms with Crippen LogP contribution in [0.2, 0.25) is 0 Å². The molecule has 15 heavy (non-hydrogen) atoms. The van der Waals surface area contributed by atoms with Gasteiger partial charge < -0.3 is 5.73 Å². The highest BCUT2D eigenvalue weighted by atomic mass is 15.3. The van der Waals surface area contributed by atoms with Crippen molar-refractivity contribution in [1.29, 1.82) is 0 Å². The number of nitrogens with two attached hydrogens (primary N) is 1. The van der Waals surface area contributed by atoms with Crippen molar-refractivity contribution in [2.45, 2.75) is 58.0 Å². The Morgan fingerprint density at radius 2 is 2.13 bits per heavy atom. The van der Waals surface area contributed by atoms with E-state index in [9.17, 15) is 0 Å². The van der Waals surface area contributed by atoms with Gasteiger partial charge in [0.2, 0.25) is 0 Å². The van der Waals surface area contributed by atoms with Crippen LogP contribution in [0.15, 0.2) is 6.20 Å². The molecule has 2 N–H and O–H groups in total. The third-order valence-electron chi connectivity index (χ3n) is 3.47. The first-order valence-electron chi connectivity index (χ1n) is 6.11. The van der Waals surface area contributed by atoms with Gasteiger partial charge in [-0.2, -0.15) is 5.10 Å². The van der Waals surface area contributed by atoms with Gasteiger partial charge in [-0.25, -0.2) is 0 Å². The lowest BCUT2D eigenvalue weighted by molar-refractivity contribution is 0.415. The molecule has 1 heterocycles. The van der Waals surface area contributed by atoms with Crippen LogP contribution < -0.4 is 5.73 Å². The predicted molar refractivity (Wildman–Crippen MR) is 61.6 cm³/mol. The van der Waals surface area contributed by atoms with Gasteiger partial charge in [-0.3, -0.25) is 4.68 Å². The van der Waals surface area contributed by atoms with Crippen molar-refractivity contribution in [2.75, 3.05) is 0 Å². The average Bonchev–Trinajstić information content (AvgIpc) is 2.72.